The van der Waals surface area contributed by atoms with Gasteiger partial charge in [-0.1, -0.05) is 0 Å². The average molecular weight is 232 g/mol. The second-order valence-corrected chi connectivity index (χ2v) is 3.91. The maximum Gasteiger partial charge on any atom is 0.216 e. The molecule has 2 heterocycles. The second-order valence-electron chi connectivity index (χ2n) is 3.91. The first kappa shape index (κ1) is 11.5. The predicted octanol–water partition coefficient (Wildman–Crippen LogP) is 1.63. The number of nitrogens with one attached hydrogen (secondary N) is 1. The number of hydrogen-bond acceptors (Lipinski definition) is 2. The largest absolute Gasteiger partial charge is 0.495 e. The SMILES string of the molecule is COc1cccn2ccc(CCNC(C)=O)c12. The lowest BCUT2D eigenvalue weighted by molar-refractivity contribution is -0.118. The van der Waals surface area contributed by atoms with Crippen LogP contribution < -0.4 is 10.1 Å². The molecule has 2 rings (SSSR count). The number of fused-ring (bicyclic) bond motifs is 1. The van der Waals surface area contributed by atoms with E-state index in [1.165, 1.54) is 12.5 Å². The molecular weight excluding hydrogens is 216 g/mol. The summed E-state index contributed by atoms with van der Waals surface area (Å²) in [4.78, 5) is 10.8. The third-order valence-electron chi connectivity index (χ3n) is 2.71. The quantitative estimate of drug-likeness (QED) is 0.870. The van der Waals surface area contributed by atoms with Gasteiger partial charge >= 0.3 is 0 Å². The summed E-state index contributed by atoms with van der Waals surface area (Å²) in [7, 11) is 1.67. The van der Waals surface area contributed by atoms with Crippen LogP contribution in [0.3, 0.4) is 0 Å². The van der Waals surface area contributed by atoms with Crippen molar-refractivity contribution in [2.45, 2.75) is 13.3 Å². The van der Waals surface area contributed by atoms with E-state index in [1.54, 1.807) is 7.11 Å². The van der Waals surface area contributed by atoms with Gasteiger partial charge in [-0.25, -0.2) is 0 Å². The van der Waals surface area contributed by atoms with E-state index in [4.69, 9.17) is 4.74 Å². The third-order valence-corrected chi connectivity index (χ3v) is 2.71. The van der Waals surface area contributed by atoms with Gasteiger partial charge < -0.3 is 14.5 Å². The first-order chi connectivity index (χ1) is 8.22. The van der Waals surface area contributed by atoms with Gasteiger partial charge in [0.05, 0.1) is 12.6 Å². The Bertz CT molecular complexity index is 531. The van der Waals surface area contributed by atoms with Crippen LogP contribution in [0, 0.1) is 0 Å². The van der Waals surface area contributed by atoms with Crippen molar-refractivity contribution < 1.29 is 9.53 Å². The van der Waals surface area contributed by atoms with Crippen molar-refractivity contribution in [1.29, 1.82) is 0 Å². The number of carbonyl (C=O) groups is 1. The van der Waals surface area contributed by atoms with Crippen LogP contribution in [0.5, 0.6) is 5.75 Å². The molecule has 1 amide bonds. The number of carbonyl (C=O) groups excluding carboxylic acids is 1. The average Bonchev–Trinajstić information content (AvgIpc) is 2.72. The number of methoxy groups -OCH3 is 1. The molecule has 0 radical (unpaired) electrons. The molecule has 17 heavy (non-hydrogen) atoms. The first-order valence-corrected chi connectivity index (χ1v) is 5.59. The lowest BCUT2D eigenvalue weighted by Gasteiger charge is -2.06. The molecule has 0 saturated heterocycles. The van der Waals surface area contributed by atoms with Crippen molar-refractivity contribution in [2.75, 3.05) is 13.7 Å². The number of pyridine rings is 1. The summed E-state index contributed by atoms with van der Waals surface area (Å²) in [5.41, 5.74) is 2.25. The van der Waals surface area contributed by atoms with E-state index in [1.807, 2.05) is 28.9 Å². The van der Waals surface area contributed by atoms with Crippen LogP contribution in [-0.4, -0.2) is 24.0 Å². The van der Waals surface area contributed by atoms with Gasteiger partial charge in [0.25, 0.3) is 0 Å². The van der Waals surface area contributed by atoms with E-state index in [9.17, 15) is 4.79 Å². The summed E-state index contributed by atoms with van der Waals surface area (Å²) in [5.74, 6) is 0.857. The van der Waals surface area contributed by atoms with Crippen LogP contribution in [0.4, 0.5) is 0 Å². The van der Waals surface area contributed by atoms with Gasteiger partial charge in [-0.2, -0.15) is 0 Å². The summed E-state index contributed by atoms with van der Waals surface area (Å²) in [6, 6.07) is 5.94. The van der Waals surface area contributed by atoms with E-state index in [-0.39, 0.29) is 5.91 Å². The summed E-state index contributed by atoms with van der Waals surface area (Å²) in [5, 5.41) is 2.80. The molecule has 0 aromatic carbocycles. The fraction of sp³-hybridized carbons (Fsp3) is 0.308. The Hall–Kier alpha value is -1.97. The summed E-state index contributed by atoms with van der Waals surface area (Å²) >= 11 is 0. The summed E-state index contributed by atoms with van der Waals surface area (Å²) in [6.45, 7) is 2.17. The third kappa shape index (κ3) is 2.41. The maximum absolute atomic E-state index is 10.8. The number of ether oxygens (including phenoxy) is 1. The molecule has 90 valence electrons. The molecular formula is C13H16N2O2. The van der Waals surface area contributed by atoms with Gasteiger partial charge in [0.2, 0.25) is 5.91 Å². The maximum atomic E-state index is 10.8. The molecule has 0 atom stereocenters. The molecule has 4 heteroatoms. The number of nitrogens with zero attached hydrogens (tertiary/aromatic N) is 1. The lowest BCUT2D eigenvalue weighted by atomic mass is 10.2. The van der Waals surface area contributed by atoms with E-state index >= 15 is 0 Å². The Labute approximate surface area is 100 Å². The van der Waals surface area contributed by atoms with Gasteiger partial charge in [0, 0.05) is 25.9 Å². The monoisotopic (exact) mass is 232 g/mol. The van der Waals surface area contributed by atoms with Crippen molar-refractivity contribution in [1.82, 2.24) is 9.72 Å². The van der Waals surface area contributed by atoms with Gasteiger partial charge in [0.15, 0.2) is 0 Å². The van der Waals surface area contributed by atoms with Gasteiger partial charge in [-0.05, 0) is 30.2 Å². The molecule has 0 saturated carbocycles. The number of aromatic nitrogens is 1. The standard InChI is InChI=1S/C13H16N2O2/c1-10(16)14-7-5-11-6-9-15-8-3-4-12(17-2)13(11)15/h3-4,6,8-9H,5,7H2,1-2H3,(H,14,16). The van der Waals surface area contributed by atoms with Crippen LogP contribution >= 0.6 is 0 Å². The Morgan fingerprint density at radius 3 is 2.94 bits per heavy atom. The van der Waals surface area contributed by atoms with Gasteiger partial charge in [0.1, 0.15) is 5.75 Å². The second kappa shape index (κ2) is 4.91. The minimum absolute atomic E-state index is 0.000444. The molecule has 1 N–H and O–H groups in total. The normalized spacial score (nSPS) is 10.5. The van der Waals surface area contributed by atoms with E-state index in [0.717, 1.165) is 17.7 Å². The van der Waals surface area contributed by atoms with Crippen molar-refractivity contribution in [3.05, 3.63) is 36.2 Å². The molecule has 0 spiro atoms. The van der Waals surface area contributed by atoms with E-state index in [2.05, 4.69) is 11.4 Å². The lowest BCUT2D eigenvalue weighted by Crippen LogP contribution is -2.22. The Morgan fingerprint density at radius 2 is 2.24 bits per heavy atom. The zero-order valence-corrected chi connectivity index (χ0v) is 10.1. The summed E-state index contributed by atoms with van der Waals surface area (Å²) < 4.78 is 7.38. The zero-order valence-electron chi connectivity index (χ0n) is 10.1. The van der Waals surface area contributed by atoms with Crippen LogP contribution in [0.15, 0.2) is 30.6 Å². The molecule has 4 nitrogen and oxygen atoms in total. The highest BCUT2D eigenvalue weighted by Crippen LogP contribution is 2.24. The molecule has 2 aromatic rings. The van der Waals surface area contributed by atoms with Crippen LogP contribution in [0.2, 0.25) is 0 Å². The van der Waals surface area contributed by atoms with Crippen molar-refractivity contribution >= 4 is 11.4 Å². The highest BCUT2D eigenvalue weighted by atomic mass is 16.5. The number of hydrogen-bond donors (Lipinski definition) is 1. The highest BCUT2D eigenvalue weighted by molar-refractivity contribution is 5.73. The number of amides is 1. The molecule has 2 aromatic heterocycles. The molecule has 0 aliphatic carbocycles. The Kier molecular flexibility index (Phi) is 3.32. The van der Waals surface area contributed by atoms with E-state index in [0.29, 0.717) is 6.54 Å². The zero-order chi connectivity index (χ0) is 12.3. The van der Waals surface area contributed by atoms with Crippen molar-refractivity contribution in [3.8, 4) is 5.75 Å². The fourth-order valence-electron chi connectivity index (χ4n) is 1.94. The van der Waals surface area contributed by atoms with Crippen LogP contribution in [-0.2, 0) is 11.2 Å². The van der Waals surface area contributed by atoms with Gasteiger partial charge in [-0.15, -0.1) is 0 Å². The van der Waals surface area contributed by atoms with Crippen LogP contribution in [0.1, 0.15) is 12.5 Å². The minimum Gasteiger partial charge on any atom is -0.495 e. The summed E-state index contributed by atoms with van der Waals surface area (Å²) in [6.07, 6.45) is 4.79. The molecule has 0 bridgehead atoms. The Morgan fingerprint density at radius 1 is 1.41 bits per heavy atom. The predicted molar refractivity (Wildman–Crippen MR) is 66.3 cm³/mol. The van der Waals surface area contributed by atoms with Gasteiger partial charge in [-0.3, -0.25) is 4.79 Å². The van der Waals surface area contributed by atoms with Crippen molar-refractivity contribution in [3.63, 3.8) is 0 Å². The minimum atomic E-state index is 0.000444. The Balaban J connectivity index is 2.25. The molecule has 0 fully saturated rings. The van der Waals surface area contributed by atoms with E-state index < -0.39 is 0 Å². The number of rotatable bonds is 4. The molecule has 0 aliphatic rings. The van der Waals surface area contributed by atoms with Crippen molar-refractivity contribution in [2.24, 2.45) is 0 Å². The smallest absolute Gasteiger partial charge is 0.216 e. The van der Waals surface area contributed by atoms with Crippen LogP contribution in [0.25, 0.3) is 5.52 Å². The highest BCUT2D eigenvalue weighted by Gasteiger charge is 2.07. The molecule has 0 unspecified atom stereocenters. The molecule has 0 aliphatic heterocycles. The first-order valence-electron chi connectivity index (χ1n) is 5.59. The fourth-order valence-corrected chi connectivity index (χ4v) is 1.94. The topological polar surface area (TPSA) is 42.7 Å².